The first-order chi connectivity index (χ1) is 8.65. The molecule has 20 heavy (non-hydrogen) atoms. The van der Waals surface area contributed by atoms with E-state index in [1.807, 2.05) is 6.07 Å². The van der Waals surface area contributed by atoms with Crippen molar-refractivity contribution in [2.75, 3.05) is 13.2 Å². The monoisotopic (exact) mass is 341 g/mol. The summed E-state index contributed by atoms with van der Waals surface area (Å²) in [5, 5.41) is 6.33. The zero-order chi connectivity index (χ0) is 13.0. The summed E-state index contributed by atoms with van der Waals surface area (Å²) >= 11 is 5.95. The van der Waals surface area contributed by atoms with E-state index < -0.39 is 0 Å². The maximum atomic E-state index is 10.9. The van der Waals surface area contributed by atoms with Crippen molar-refractivity contribution in [2.45, 2.75) is 25.9 Å². The minimum Gasteiger partial charge on any atom is -0.490 e. The predicted molar refractivity (Wildman–Crippen MR) is 83.2 cm³/mol. The number of hydrogen-bond acceptors (Lipinski definition) is 4. The molecule has 1 aromatic rings. The first-order valence-corrected chi connectivity index (χ1v) is 6.28. The summed E-state index contributed by atoms with van der Waals surface area (Å²) in [5.41, 5.74) is 0.755. The second kappa shape index (κ2) is 9.23. The molecule has 1 aromatic heterocycles. The van der Waals surface area contributed by atoms with E-state index in [-0.39, 0.29) is 30.7 Å². The van der Waals surface area contributed by atoms with Crippen molar-refractivity contribution in [1.82, 2.24) is 15.6 Å². The fourth-order valence-corrected chi connectivity index (χ4v) is 1.75. The molecule has 1 atom stereocenters. The summed E-state index contributed by atoms with van der Waals surface area (Å²) in [7, 11) is 0. The molecule has 2 N–H and O–H groups in total. The van der Waals surface area contributed by atoms with Crippen molar-refractivity contribution in [3.63, 3.8) is 0 Å². The molecule has 1 aliphatic heterocycles. The maximum Gasteiger partial charge on any atom is 0.217 e. The van der Waals surface area contributed by atoms with Crippen LogP contribution in [0.4, 0.5) is 0 Å². The quantitative estimate of drug-likeness (QED) is 0.803. The number of halogens is 3. The van der Waals surface area contributed by atoms with Gasteiger partial charge in [-0.1, -0.05) is 11.6 Å². The number of rotatable bonds is 5. The molecule has 114 valence electrons. The van der Waals surface area contributed by atoms with Gasteiger partial charge in [-0.2, -0.15) is 0 Å². The zero-order valence-corrected chi connectivity index (χ0v) is 13.4. The Hall–Kier alpha value is -0.750. The summed E-state index contributed by atoms with van der Waals surface area (Å²) in [6, 6.07) is 2.24. The molecule has 0 spiro atoms. The Kier molecular flexibility index (Phi) is 8.89. The Morgan fingerprint density at radius 3 is 2.85 bits per heavy atom. The van der Waals surface area contributed by atoms with E-state index in [2.05, 4.69) is 15.6 Å². The number of aromatic nitrogens is 1. The second-order valence-electron chi connectivity index (χ2n) is 4.28. The van der Waals surface area contributed by atoms with Crippen LogP contribution in [-0.4, -0.2) is 30.1 Å². The average Bonchev–Trinajstić information content (AvgIpc) is 2.27. The summed E-state index contributed by atoms with van der Waals surface area (Å²) in [4.78, 5) is 14.9. The third kappa shape index (κ3) is 5.71. The van der Waals surface area contributed by atoms with E-state index in [1.54, 1.807) is 6.20 Å². The minimum atomic E-state index is -0.101. The lowest BCUT2D eigenvalue weighted by atomic mass is 10.1. The van der Waals surface area contributed by atoms with Gasteiger partial charge in [0, 0.05) is 25.1 Å². The maximum absolute atomic E-state index is 10.9. The smallest absolute Gasteiger partial charge is 0.217 e. The van der Waals surface area contributed by atoms with Crippen LogP contribution in [0.15, 0.2) is 12.3 Å². The Labute approximate surface area is 135 Å². The highest BCUT2D eigenvalue weighted by atomic mass is 35.5. The van der Waals surface area contributed by atoms with Gasteiger partial charge < -0.3 is 15.4 Å². The van der Waals surface area contributed by atoms with E-state index in [9.17, 15) is 4.79 Å². The van der Waals surface area contributed by atoms with Crippen LogP contribution in [0.2, 0.25) is 5.15 Å². The van der Waals surface area contributed by atoms with Crippen LogP contribution in [-0.2, 0) is 11.3 Å². The first kappa shape index (κ1) is 19.2. The van der Waals surface area contributed by atoms with E-state index in [4.69, 9.17) is 16.3 Å². The molecule has 2 heterocycles. The van der Waals surface area contributed by atoms with Gasteiger partial charge in [-0.3, -0.25) is 4.79 Å². The lowest BCUT2D eigenvalue weighted by Gasteiger charge is -2.27. The molecule has 8 heteroatoms. The number of ether oxygens (including phenoxy) is 1. The van der Waals surface area contributed by atoms with E-state index in [1.165, 1.54) is 6.92 Å². The van der Waals surface area contributed by atoms with Crippen molar-refractivity contribution in [3.05, 3.63) is 23.0 Å². The number of pyridine rings is 1. The van der Waals surface area contributed by atoms with Gasteiger partial charge in [0.25, 0.3) is 0 Å². The number of nitrogens with one attached hydrogen (secondary N) is 2. The topological polar surface area (TPSA) is 63.2 Å². The summed E-state index contributed by atoms with van der Waals surface area (Å²) in [6.45, 7) is 3.51. The Morgan fingerprint density at radius 2 is 2.30 bits per heavy atom. The molecule has 0 bridgehead atoms. The Balaban J connectivity index is 0.00000180. The summed E-state index contributed by atoms with van der Waals surface area (Å²) in [5.74, 6) is 0.574. The molecular weight excluding hydrogens is 325 g/mol. The van der Waals surface area contributed by atoms with Gasteiger partial charge >= 0.3 is 0 Å². The fraction of sp³-hybridized carbons (Fsp3) is 0.500. The molecule has 5 nitrogen and oxygen atoms in total. The van der Waals surface area contributed by atoms with Crippen LogP contribution in [0.25, 0.3) is 0 Å². The zero-order valence-electron chi connectivity index (χ0n) is 11.0. The fourth-order valence-electron chi connectivity index (χ4n) is 1.58. The van der Waals surface area contributed by atoms with Crippen molar-refractivity contribution in [1.29, 1.82) is 0 Å². The summed E-state index contributed by atoms with van der Waals surface area (Å²) < 4.78 is 5.62. The van der Waals surface area contributed by atoms with Gasteiger partial charge in [0.1, 0.15) is 17.5 Å². The molecule has 1 aliphatic rings. The number of hydrogen-bond donors (Lipinski definition) is 2. The Morgan fingerprint density at radius 1 is 1.60 bits per heavy atom. The van der Waals surface area contributed by atoms with Crippen LogP contribution in [0.3, 0.4) is 0 Å². The number of carbonyl (C=O) groups excluding carboxylic acids is 1. The molecule has 1 fully saturated rings. The predicted octanol–water partition coefficient (Wildman–Crippen LogP) is 1.96. The number of amides is 1. The van der Waals surface area contributed by atoms with Gasteiger partial charge in [0.2, 0.25) is 5.91 Å². The van der Waals surface area contributed by atoms with Gasteiger partial charge in [-0.05, 0) is 19.0 Å². The third-order valence-electron chi connectivity index (χ3n) is 2.79. The molecule has 0 saturated carbocycles. The molecular formula is C12H18Cl3N3O2. The lowest BCUT2D eigenvalue weighted by molar-refractivity contribution is -0.119. The van der Waals surface area contributed by atoms with Gasteiger partial charge in [-0.15, -0.1) is 24.8 Å². The van der Waals surface area contributed by atoms with Crippen LogP contribution < -0.4 is 15.4 Å². The van der Waals surface area contributed by atoms with Crippen molar-refractivity contribution in [2.24, 2.45) is 0 Å². The second-order valence-corrected chi connectivity index (χ2v) is 4.64. The van der Waals surface area contributed by atoms with Gasteiger partial charge in [-0.25, -0.2) is 4.98 Å². The standard InChI is InChI=1S/C12H16ClN3O2.2ClH/c1-8(17)15-5-9-4-11(6-16-12(9)13)18-7-10-2-3-14-10;;/h4,6,10,14H,2-3,5,7H2,1H3,(H,15,17);2*1H/t10-;;/m0../s1. The normalized spacial score (nSPS) is 16.2. The van der Waals surface area contributed by atoms with Crippen LogP contribution >= 0.6 is 36.4 Å². The van der Waals surface area contributed by atoms with E-state index >= 15 is 0 Å². The molecule has 0 radical (unpaired) electrons. The van der Waals surface area contributed by atoms with Crippen molar-refractivity contribution in [3.8, 4) is 5.75 Å². The number of nitrogens with zero attached hydrogens (tertiary/aromatic N) is 1. The van der Waals surface area contributed by atoms with Gasteiger partial charge in [0.15, 0.2) is 0 Å². The molecule has 0 aromatic carbocycles. The molecule has 0 aliphatic carbocycles. The SMILES string of the molecule is CC(=O)NCc1cc(OC[C@@H]2CCN2)cnc1Cl.Cl.Cl. The summed E-state index contributed by atoms with van der Waals surface area (Å²) in [6.07, 6.45) is 2.73. The van der Waals surface area contributed by atoms with Crippen molar-refractivity contribution >= 4 is 42.3 Å². The van der Waals surface area contributed by atoms with Gasteiger partial charge in [0.05, 0.1) is 6.20 Å². The van der Waals surface area contributed by atoms with Crippen molar-refractivity contribution < 1.29 is 9.53 Å². The van der Waals surface area contributed by atoms with E-state index in [0.717, 1.165) is 18.5 Å². The van der Waals surface area contributed by atoms with Crippen LogP contribution in [0.5, 0.6) is 5.75 Å². The Bertz CT molecular complexity index is 442. The lowest BCUT2D eigenvalue weighted by Crippen LogP contribution is -2.46. The third-order valence-corrected chi connectivity index (χ3v) is 3.13. The highest BCUT2D eigenvalue weighted by Crippen LogP contribution is 2.19. The largest absolute Gasteiger partial charge is 0.490 e. The molecule has 1 saturated heterocycles. The molecule has 1 amide bonds. The number of carbonyl (C=O) groups is 1. The average molecular weight is 343 g/mol. The molecule has 2 rings (SSSR count). The highest BCUT2D eigenvalue weighted by Gasteiger charge is 2.16. The highest BCUT2D eigenvalue weighted by molar-refractivity contribution is 6.30. The molecule has 0 unspecified atom stereocenters. The van der Waals surface area contributed by atoms with Crippen LogP contribution in [0.1, 0.15) is 18.9 Å². The van der Waals surface area contributed by atoms with E-state index in [0.29, 0.717) is 30.1 Å². The van der Waals surface area contributed by atoms with Crippen LogP contribution in [0, 0.1) is 0 Å². The first-order valence-electron chi connectivity index (χ1n) is 5.90. The minimum absolute atomic E-state index is 0.